The molecule has 2 aliphatic rings. The summed E-state index contributed by atoms with van der Waals surface area (Å²) >= 11 is 36.4. The van der Waals surface area contributed by atoms with Gasteiger partial charge in [-0.05, 0) is 116 Å². The van der Waals surface area contributed by atoms with Crippen LogP contribution in [0.5, 0.6) is 0 Å². The highest BCUT2D eigenvalue weighted by Gasteiger charge is 2.40. The highest BCUT2D eigenvalue weighted by Crippen LogP contribution is 2.31. The minimum absolute atomic E-state index is 0. The van der Waals surface area contributed by atoms with Crippen LogP contribution in [-0.2, 0) is 97.2 Å². The molecule has 0 aliphatic carbocycles. The number of carbonyl (C=O) groups is 8. The Kier molecular flexibility index (Phi) is 37.3. The van der Waals surface area contributed by atoms with Crippen molar-refractivity contribution in [2.24, 2.45) is 0 Å². The van der Waals surface area contributed by atoms with Crippen molar-refractivity contribution in [3.8, 4) is 33.4 Å². The first kappa shape index (κ1) is 94.6. The number of rotatable bonds is 16. The Morgan fingerprint density at radius 2 is 0.965 bits per heavy atom. The number of fused-ring (bicyclic) bond motifs is 3. The fraction of sp³-hybridized carbons (Fsp3) is 0.261. The lowest BCUT2D eigenvalue weighted by atomic mass is 10.0. The summed E-state index contributed by atoms with van der Waals surface area (Å²) in [6.45, 7) is 8.21. The number of Topliss-reactive ketones (excluding diaryl/α,β-unsaturated/α-hetero) is 3. The summed E-state index contributed by atoms with van der Waals surface area (Å²) in [5, 5.41) is 64.0. The van der Waals surface area contributed by atoms with Crippen LogP contribution in [0.15, 0.2) is 137 Å². The summed E-state index contributed by atoms with van der Waals surface area (Å²) in [5.41, 5.74) is 6.40. The van der Waals surface area contributed by atoms with Crippen LogP contribution < -0.4 is 25.4 Å². The van der Waals surface area contributed by atoms with Gasteiger partial charge in [-0.3, -0.25) is 52.4 Å². The monoisotopic (exact) mass is 1870 g/mol. The molecule has 0 bridgehead atoms. The number of pyridine rings is 2. The van der Waals surface area contributed by atoms with E-state index in [4.69, 9.17) is 45.0 Å². The molecule has 0 spiro atoms. The van der Waals surface area contributed by atoms with E-state index < -0.39 is 52.5 Å². The van der Waals surface area contributed by atoms with E-state index in [9.17, 15) is 57.6 Å². The lowest BCUT2D eigenvalue weighted by molar-refractivity contribution is -0.615. The lowest BCUT2D eigenvalue weighted by Crippen LogP contribution is -2.44. The third kappa shape index (κ3) is 26.5. The van der Waals surface area contributed by atoms with Gasteiger partial charge in [-0.1, -0.05) is 75.1 Å². The van der Waals surface area contributed by atoms with Crippen molar-refractivity contribution in [1.82, 2.24) is 69.5 Å². The number of benzene rings is 3. The number of carbonyl (C=O) groups excluding carboxylic acids is 6. The third-order valence-electron chi connectivity index (χ3n) is 16.0. The SMILES string of the molecule is CC(=O)c1nn(CC(=O)N2C[C@H](F)C[C@H]2C(=O)Nc2cccc(Br)n2)c2ccc(-c3cnc(C)[n+]([O-])c3)cc12.CC(=O)c1nn(CC(=O)O)c2ccc(-c3cnc(C)[n+]([O-])c3)cc12.CC(=O)c1nn(CC(=O)O)c2ccc(-c3cnc(C)nc3)cc12.Cl.ClC(Cl)Cl.O=C(Nc1cccc(Br)n1)[C@@H]1C[C@@H](F)CN1.S.S=S.S=S=S. The molecule has 0 radical (unpaired) electrons. The first-order valence-corrected chi connectivity index (χ1v) is 39.2. The van der Waals surface area contributed by atoms with Crippen LogP contribution in [-0.4, -0.2) is 163 Å². The molecule has 44 heteroatoms. The Balaban J connectivity index is 0.000000269. The van der Waals surface area contributed by atoms with Crippen molar-refractivity contribution in [2.75, 3.05) is 23.7 Å². The van der Waals surface area contributed by atoms with E-state index in [2.05, 4.69) is 138 Å². The molecule has 30 nitrogen and oxygen atoms in total. The van der Waals surface area contributed by atoms with E-state index >= 15 is 0 Å². The predicted octanol–water partition coefficient (Wildman–Crippen LogP) is 10.4. The van der Waals surface area contributed by atoms with Crippen LogP contribution in [0.4, 0.5) is 20.4 Å². The highest BCUT2D eigenvalue weighted by molar-refractivity contribution is 9.10. The average molecular weight is 1870 g/mol. The number of aromatic nitrogens is 14. The molecular formula is C69H66Br2Cl4F2N18O12S6. The molecule has 5 N–H and O–H groups in total. The van der Waals surface area contributed by atoms with Crippen LogP contribution in [0.25, 0.3) is 66.1 Å². The van der Waals surface area contributed by atoms with Crippen molar-refractivity contribution in [3.63, 3.8) is 0 Å². The number of carboxylic acids is 2. The summed E-state index contributed by atoms with van der Waals surface area (Å²) in [4.78, 5) is 122. The molecule has 2 fully saturated rings. The van der Waals surface area contributed by atoms with Gasteiger partial charge in [0.25, 0.3) is 11.6 Å². The van der Waals surface area contributed by atoms with Crippen molar-refractivity contribution < 1.29 is 66.8 Å². The number of halogens is 8. The van der Waals surface area contributed by atoms with E-state index in [1.165, 1.54) is 52.1 Å². The Morgan fingerprint density at radius 3 is 1.32 bits per heavy atom. The van der Waals surface area contributed by atoms with Gasteiger partial charge in [0.2, 0.25) is 17.7 Å². The number of hydrogen-bond acceptors (Lipinski definition) is 24. The number of amides is 3. The van der Waals surface area contributed by atoms with E-state index in [0.29, 0.717) is 96.9 Å². The topological polar surface area (TPSA) is 401 Å². The molecule has 2 saturated heterocycles. The van der Waals surface area contributed by atoms with Crippen LogP contribution in [0, 0.1) is 31.2 Å². The second-order valence-corrected chi connectivity index (χ2v) is 29.2. The quantitative estimate of drug-likeness (QED) is 0.0197. The highest BCUT2D eigenvalue weighted by atomic mass is 79.9. The van der Waals surface area contributed by atoms with E-state index in [1.54, 1.807) is 124 Å². The number of anilines is 2. The molecule has 0 unspecified atom stereocenters. The summed E-state index contributed by atoms with van der Waals surface area (Å²) in [6, 6.07) is 24.4. The third-order valence-corrected chi connectivity index (χ3v) is 16.9. The van der Waals surface area contributed by atoms with E-state index in [-0.39, 0.29) is 118 Å². The van der Waals surface area contributed by atoms with Crippen LogP contribution >= 0.6 is 92.6 Å². The van der Waals surface area contributed by atoms with Gasteiger partial charge >= 0.3 is 11.9 Å². The molecule has 10 heterocycles. The Hall–Kier alpha value is -9.04. The van der Waals surface area contributed by atoms with Gasteiger partial charge < -0.3 is 41.5 Å². The molecule has 4 atom stereocenters. The van der Waals surface area contributed by atoms with Gasteiger partial charge in [0.1, 0.15) is 94.2 Å². The number of hydrogen-bond donors (Lipinski definition) is 5. The molecule has 3 amide bonds. The summed E-state index contributed by atoms with van der Waals surface area (Å²) < 4.78 is 33.0. The molecule has 0 saturated carbocycles. The number of aliphatic carboxylic acids is 2. The minimum atomic E-state index is -1.36. The van der Waals surface area contributed by atoms with Crippen LogP contribution in [0.2, 0.25) is 0 Å². The molecule has 13 rings (SSSR count). The number of alkyl halides is 5. The molecule has 3 aromatic carbocycles. The summed E-state index contributed by atoms with van der Waals surface area (Å²) in [5.74, 6) is -2.11. The van der Waals surface area contributed by atoms with Gasteiger partial charge in [-0.15, -0.1) is 12.4 Å². The molecule has 8 aromatic heterocycles. The van der Waals surface area contributed by atoms with Crippen molar-refractivity contribution in [1.29, 1.82) is 0 Å². The smallest absolute Gasteiger partial charge is 0.325 e. The molecule has 113 heavy (non-hydrogen) atoms. The van der Waals surface area contributed by atoms with Gasteiger partial charge in [-0.2, -0.15) is 28.8 Å². The Morgan fingerprint density at radius 1 is 0.593 bits per heavy atom. The fourth-order valence-corrected chi connectivity index (χ4v) is 11.7. The van der Waals surface area contributed by atoms with Crippen molar-refractivity contribution in [2.45, 2.75) is 103 Å². The normalized spacial score (nSPS) is 14.3. The summed E-state index contributed by atoms with van der Waals surface area (Å²) in [6.07, 6.45) is 7.11. The second-order valence-electron chi connectivity index (χ2n) is 23.8. The van der Waals surface area contributed by atoms with Crippen LogP contribution in [0.1, 0.15) is 82.6 Å². The lowest BCUT2D eigenvalue weighted by Gasteiger charge is -2.23. The molecule has 2 aliphatic heterocycles. The number of carboxylic acid groups (broad SMARTS) is 2. The Bertz CT molecular complexity index is 5350. The van der Waals surface area contributed by atoms with Gasteiger partial charge in [0, 0.05) is 142 Å². The standard InChI is InChI=1S/C26H23BrFN7O4.C16H14N4O4.C16H14N4O3.C10H11BrFN3O.CHCl3.ClH.S3.S2.H2S/c1-14(36)25-19-8-16(17-10-29-15(2)35(39)11-17)6-7-20(19)34(32-25)13-24(37)33-12-18(28)9-21(33)26(38)31-23-5-3-4-22(27)30-23;1-9(21)16-13-5-11(12-6-17-10(2)20(24)7-12)3-4-14(13)19(18-16)8-15(22)23;1-9(21)16-13-5-11(12-6-17-10(2)18-7-12)3-4-14(13)20(19-16)8-15(22)23;11-8-2-1-3-9(14-8)15-10(16)7-4-6(12)5-13-7;2-1(3)4;;1-3-2;1-2;/h3-8,10-11,18,21H,9,12-13H2,1-2H3,(H,30,31,38);3-7H,8H2,1-2H3,(H,22,23);3-7H,8H2,1-2H3,(H,22,23);1-3,6-7,13H,4-5H2,(H,14,15,16);1H;1H;;;1H2/t18-,21+;;;6-,7+;;;;;/m1..1...../s1. The van der Waals surface area contributed by atoms with Crippen molar-refractivity contribution in [3.05, 3.63) is 182 Å². The van der Waals surface area contributed by atoms with Gasteiger partial charge in [0.05, 0.1) is 40.3 Å². The molecule has 11 aromatic rings. The largest absolute Gasteiger partial charge is 0.711 e. The molecular weight excluding hydrogens is 1800 g/mol. The maximum atomic E-state index is 14.4. The minimum Gasteiger partial charge on any atom is -0.711 e. The first-order chi connectivity index (χ1) is 52.7. The predicted molar refractivity (Wildman–Crippen MR) is 447 cm³/mol. The second kappa shape index (κ2) is 44.6. The Labute approximate surface area is 710 Å². The van der Waals surface area contributed by atoms with Crippen LogP contribution in [0.3, 0.4) is 0 Å². The van der Waals surface area contributed by atoms with E-state index in [0.717, 1.165) is 20.0 Å². The van der Waals surface area contributed by atoms with E-state index in [1.807, 2.05) is 12.1 Å². The summed E-state index contributed by atoms with van der Waals surface area (Å²) in [7, 11) is 0.917. The maximum absolute atomic E-state index is 14.4. The number of aryl methyl sites for hydroxylation is 3. The molecule has 596 valence electrons. The zero-order valence-corrected chi connectivity index (χ0v) is 71.1. The van der Waals surface area contributed by atoms with Crippen molar-refractivity contribution >= 4 is 238 Å². The fourth-order valence-electron chi connectivity index (χ4n) is 11.1. The maximum Gasteiger partial charge on any atom is 0.325 e. The first-order valence-electron chi connectivity index (χ1n) is 32.3. The number of nitrogens with one attached hydrogen (secondary N) is 3. The van der Waals surface area contributed by atoms with Gasteiger partial charge in [0.15, 0.2) is 34.0 Å². The average Bonchev–Trinajstić information content (AvgIpc) is 1.64. The number of ketones is 3. The zero-order valence-electron chi connectivity index (χ0n) is 59.7. The van der Waals surface area contributed by atoms with Gasteiger partial charge in [-0.25, -0.2) is 38.2 Å². The number of likely N-dealkylation sites (tertiary alicyclic amines) is 1. The number of nitrogens with zero attached hydrogens (tertiary/aromatic N) is 15. The zero-order chi connectivity index (χ0) is 81.7.